The van der Waals surface area contributed by atoms with Gasteiger partial charge in [0.15, 0.2) is 0 Å². The molecular formula is C13H11FN2O2. The summed E-state index contributed by atoms with van der Waals surface area (Å²) in [6.07, 6.45) is 3.32. The van der Waals surface area contributed by atoms with Gasteiger partial charge in [-0.25, -0.2) is 9.18 Å². The predicted octanol–water partition coefficient (Wildman–Crippen LogP) is 2.38. The Morgan fingerprint density at radius 3 is 2.83 bits per heavy atom. The average Bonchev–Trinajstić information content (AvgIpc) is 2.89. The second-order valence-corrected chi connectivity index (χ2v) is 3.66. The number of carbonyl (C=O) groups excluding carboxylic acids is 1. The van der Waals surface area contributed by atoms with Crippen LogP contribution < -0.4 is 0 Å². The molecule has 0 unspecified atom stereocenters. The van der Waals surface area contributed by atoms with Gasteiger partial charge < -0.3 is 15.1 Å². The van der Waals surface area contributed by atoms with Crippen LogP contribution >= 0.6 is 0 Å². The van der Waals surface area contributed by atoms with Crippen LogP contribution in [0.4, 0.5) is 4.39 Å². The molecule has 0 spiro atoms. The lowest BCUT2D eigenvalue weighted by Crippen LogP contribution is -2.14. The van der Waals surface area contributed by atoms with Crippen molar-refractivity contribution in [1.82, 2.24) is 4.98 Å². The molecule has 0 fully saturated rings. The molecule has 2 rings (SSSR count). The maximum atomic E-state index is 12.9. The van der Waals surface area contributed by atoms with Crippen LogP contribution in [0.1, 0.15) is 15.9 Å². The van der Waals surface area contributed by atoms with Gasteiger partial charge in [0.2, 0.25) is 0 Å². The third-order valence-electron chi connectivity index (χ3n) is 2.35. The molecular weight excluding hydrogens is 235 g/mol. The molecule has 92 valence electrons. The maximum absolute atomic E-state index is 12.9. The number of ether oxygens (including phenoxy) is 1. The molecule has 0 aliphatic heterocycles. The molecule has 18 heavy (non-hydrogen) atoms. The molecule has 1 heterocycles. The molecule has 2 aromatic rings. The van der Waals surface area contributed by atoms with E-state index in [1.54, 1.807) is 18.5 Å². The Hall–Kier alpha value is -2.43. The minimum atomic E-state index is -0.644. The van der Waals surface area contributed by atoms with Crippen molar-refractivity contribution in [1.29, 1.82) is 5.41 Å². The van der Waals surface area contributed by atoms with E-state index in [2.05, 4.69) is 4.98 Å². The summed E-state index contributed by atoms with van der Waals surface area (Å²) in [5.41, 5.74) is 0.972. The third kappa shape index (κ3) is 2.82. The molecule has 4 nitrogen and oxygen atoms in total. The third-order valence-corrected chi connectivity index (χ3v) is 2.35. The summed E-state index contributed by atoms with van der Waals surface area (Å²) >= 11 is 0. The lowest BCUT2D eigenvalue weighted by Gasteiger charge is -2.05. The Kier molecular flexibility index (Phi) is 3.52. The molecule has 1 aromatic carbocycles. The monoisotopic (exact) mass is 246 g/mol. The van der Waals surface area contributed by atoms with Crippen LogP contribution in [0, 0.1) is 11.2 Å². The van der Waals surface area contributed by atoms with Crippen molar-refractivity contribution in [2.24, 2.45) is 0 Å². The normalized spacial score (nSPS) is 10.1. The first-order chi connectivity index (χ1) is 8.66. The fourth-order valence-corrected chi connectivity index (χ4v) is 1.43. The van der Waals surface area contributed by atoms with Gasteiger partial charge in [0.1, 0.15) is 12.4 Å². The Morgan fingerprint density at radius 2 is 2.17 bits per heavy atom. The highest BCUT2D eigenvalue weighted by Gasteiger charge is 2.10. The van der Waals surface area contributed by atoms with E-state index >= 15 is 0 Å². The highest BCUT2D eigenvalue weighted by Crippen LogP contribution is 2.06. The summed E-state index contributed by atoms with van der Waals surface area (Å²) in [5, 5.41) is 7.67. The van der Waals surface area contributed by atoms with Crippen LogP contribution in [-0.4, -0.2) is 23.3 Å². The number of nitrogens with one attached hydrogen (secondary N) is 2. The average molecular weight is 246 g/mol. The maximum Gasteiger partial charge on any atom is 0.338 e. The Bertz CT molecular complexity index is 564. The lowest BCUT2D eigenvalue weighted by atomic mass is 10.2. The molecule has 0 aliphatic carbocycles. The SMILES string of the molecule is N=C(COC(=O)c1cccc(F)c1)c1cc[nH]c1. The van der Waals surface area contributed by atoms with E-state index in [4.69, 9.17) is 10.1 Å². The number of halogens is 1. The fourth-order valence-electron chi connectivity index (χ4n) is 1.43. The number of H-pyrrole nitrogens is 1. The van der Waals surface area contributed by atoms with Crippen LogP contribution in [-0.2, 0) is 4.74 Å². The smallest absolute Gasteiger partial charge is 0.338 e. The molecule has 0 saturated heterocycles. The van der Waals surface area contributed by atoms with Gasteiger partial charge in [-0.05, 0) is 24.3 Å². The summed E-state index contributed by atoms with van der Waals surface area (Å²) in [5.74, 6) is -1.14. The van der Waals surface area contributed by atoms with Crippen molar-refractivity contribution < 1.29 is 13.9 Å². The molecule has 0 atom stereocenters. The van der Waals surface area contributed by atoms with Gasteiger partial charge >= 0.3 is 5.97 Å². The fraction of sp³-hybridized carbons (Fsp3) is 0.0769. The summed E-state index contributed by atoms with van der Waals surface area (Å²) in [6.45, 7) is -0.146. The summed E-state index contributed by atoms with van der Waals surface area (Å²) in [7, 11) is 0. The van der Waals surface area contributed by atoms with Crippen molar-refractivity contribution in [2.45, 2.75) is 0 Å². The Labute approximate surface area is 103 Å². The predicted molar refractivity (Wildman–Crippen MR) is 64.3 cm³/mol. The Balaban J connectivity index is 1.95. The highest BCUT2D eigenvalue weighted by molar-refractivity contribution is 6.00. The van der Waals surface area contributed by atoms with Crippen molar-refractivity contribution in [2.75, 3.05) is 6.61 Å². The first-order valence-electron chi connectivity index (χ1n) is 5.30. The van der Waals surface area contributed by atoms with Crippen LogP contribution in [0.15, 0.2) is 42.7 Å². The number of hydrogen-bond acceptors (Lipinski definition) is 3. The number of hydrogen-bond donors (Lipinski definition) is 2. The van der Waals surface area contributed by atoms with E-state index in [0.717, 1.165) is 6.07 Å². The van der Waals surface area contributed by atoms with Crippen LogP contribution in [0.3, 0.4) is 0 Å². The van der Waals surface area contributed by atoms with Crippen molar-refractivity contribution in [3.05, 3.63) is 59.7 Å². The van der Waals surface area contributed by atoms with Gasteiger partial charge in [-0.1, -0.05) is 6.07 Å². The van der Waals surface area contributed by atoms with E-state index in [0.29, 0.717) is 5.56 Å². The topological polar surface area (TPSA) is 65.9 Å². The number of esters is 1. The first-order valence-corrected chi connectivity index (χ1v) is 5.30. The number of aromatic nitrogens is 1. The van der Waals surface area contributed by atoms with Gasteiger partial charge in [-0.15, -0.1) is 0 Å². The lowest BCUT2D eigenvalue weighted by molar-refractivity contribution is 0.0563. The van der Waals surface area contributed by atoms with Crippen LogP contribution in [0.5, 0.6) is 0 Å². The van der Waals surface area contributed by atoms with E-state index in [1.807, 2.05) is 0 Å². The van der Waals surface area contributed by atoms with Crippen molar-refractivity contribution in [3.63, 3.8) is 0 Å². The van der Waals surface area contributed by atoms with Gasteiger partial charge in [0.25, 0.3) is 0 Å². The molecule has 0 bridgehead atoms. The minimum Gasteiger partial charge on any atom is -0.456 e. The van der Waals surface area contributed by atoms with E-state index in [9.17, 15) is 9.18 Å². The van der Waals surface area contributed by atoms with Crippen molar-refractivity contribution >= 4 is 11.7 Å². The molecule has 0 amide bonds. The molecule has 2 N–H and O–H groups in total. The van der Waals surface area contributed by atoms with E-state index in [-0.39, 0.29) is 17.9 Å². The number of carbonyl (C=O) groups is 1. The summed E-state index contributed by atoms with van der Waals surface area (Å²) in [6, 6.07) is 6.95. The molecule has 0 radical (unpaired) electrons. The van der Waals surface area contributed by atoms with E-state index in [1.165, 1.54) is 18.2 Å². The molecule has 5 heteroatoms. The number of aromatic amines is 1. The minimum absolute atomic E-state index is 0.136. The van der Waals surface area contributed by atoms with Gasteiger partial charge in [-0.3, -0.25) is 0 Å². The highest BCUT2D eigenvalue weighted by atomic mass is 19.1. The van der Waals surface area contributed by atoms with Crippen molar-refractivity contribution in [3.8, 4) is 0 Å². The number of rotatable bonds is 4. The van der Waals surface area contributed by atoms with Crippen LogP contribution in [0.2, 0.25) is 0 Å². The zero-order chi connectivity index (χ0) is 13.0. The molecule has 0 aliphatic rings. The van der Waals surface area contributed by atoms with E-state index < -0.39 is 11.8 Å². The van der Waals surface area contributed by atoms with Gasteiger partial charge in [0.05, 0.1) is 11.3 Å². The second kappa shape index (κ2) is 5.27. The summed E-state index contributed by atoms with van der Waals surface area (Å²) in [4.78, 5) is 14.4. The standard InChI is InChI=1S/C13H11FN2O2/c14-11-3-1-2-9(6-11)13(17)18-8-12(15)10-4-5-16-7-10/h1-7,15-16H,8H2. The zero-order valence-corrected chi connectivity index (χ0v) is 9.44. The van der Waals surface area contributed by atoms with Gasteiger partial charge in [-0.2, -0.15) is 0 Å². The molecule has 1 aromatic heterocycles. The first kappa shape index (κ1) is 12.0. The summed E-state index contributed by atoms with van der Waals surface area (Å²) < 4.78 is 17.8. The van der Waals surface area contributed by atoms with Gasteiger partial charge in [0, 0.05) is 18.0 Å². The second-order valence-electron chi connectivity index (χ2n) is 3.66. The molecule has 0 saturated carbocycles. The number of benzene rings is 1. The Morgan fingerprint density at radius 1 is 1.33 bits per heavy atom. The largest absolute Gasteiger partial charge is 0.456 e. The van der Waals surface area contributed by atoms with Crippen LogP contribution in [0.25, 0.3) is 0 Å². The zero-order valence-electron chi connectivity index (χ0n) is 9.44. The quantitative estimate of drug-likeness (QED) is 0.642.